The number of carbonyl (C=O) groups excluding carboxylic acids is 1. The lowest BCUT2D eigenvalue weighted by Crippen LogP contribution is -2.39. The number of hydrogen-bond donors (Lipinski definition) is 2. The van der Waals surface area contributed by atoms with Gasteiger partial charge in [-0.05, 0) is 49.8 Å². The third-order valence-corrected chi connectivity index (χ3v) is 8.07. The standard InChI is InChI=1S/C16H21Cl2N3OS/c1-9-13(17)14(18)11-8-12(21-15(11)19-9)16(22)20-10-4-6-23(2,3)7-5-10/h8,10H,4-7H2,1-3H3,(H,19,21)(H,20,22). The van der Waals surface area contributed by atoms with Gasteiger partial charge in [0.15, 0.2) is 0 Å². The van der Waals surface area contributed by atoms with Crippen molar-refractivity contribution in [2.75, 3.05) is 24.0 Å². The second-order valence-corrected chi connectivity index (χ2v) is 11.8. The molecule has 2 N–H and O–H groups in total. The molecular formula is C16H21Cl2N3OS. The fraction of sp³-hybridized carbons (Fsp3) is 0.500. The van der Waals surface area contributed by atoms with Crippen molar-refractivity contribution in [2.45, 2.75) is 25.8 Å². The Morgan fingerprint density at radius 1 is 1.30 bits per heavy atom. The fourth-order valence-corrected chi connectivity index (χ4v) is 5.37. The number of fused-ring (bicyclic) bond motifs is 1. The minimum Gasteiger partial charge on any atom is -0.348 e. The number of amides is 1. The lowest BCUT2D eigenvalue weighted by Gasteiger charge is -2.39. The molecule has 2 aromatic heterocycles. The van der Waals surface area contributed by atoms with Gasteiger partial charge in [-0.2, -0.15) is 0 Å². The van der Waals surface area contributed by atoms with Crippen molar-refractivity contribution in [1.82, 2.24) is 15.3 Å². The second-order valence-electron chi connectivity index (χ2n) is 6.69. The van der Waals surface area contributed by atoms with Crippen molar-refractivity contribution in [3.05, 3.63) is 27.5 Å². The zero-order chi connectivity index (χ0) is 16.8. The number of carbonyl (C=O) groups is 1. The average Bonchev–Trinajstić information content (AvgIpc) is 2.91. The molecule has 1 saturated heterocycles. The molecule has 0 atom stereocenters. The molecule has 3 heterocycles. The van der Waals surface area contributed by atoms with Crippen molar-refractivity contribution in [3.8, 4) is 0 Å². The summed E-state index contributed by atoms with van der Waals surface area (Å²) in [5, 5.41) is 4.67. The van der Waals surface area contributed by atoms with Crippen molar-refractivity contribution in [3.63, 3.8) is 0 Å². The quantitative estimate of drug-likeness (QED) is 0.830. The van der Waals surface area contributed by atoms with Crippen LogP contribution in [0.3, 0.4) is 0 Å². The van der Waals surface area contributed by atoms with Crippen LogP contribution in [0, 0.1) is 6.92 Å². The first-order valence-corrected chi connectivity index (χ1v) is 11.1. The summed E-state index contributed by atoms with van der Waals surface area (Å²) in [4.78, 5) is 19.9. The van der Waals surface area contributed by atoms with Crippen molar-refractivity contribution >= 4 is 50.2 Å². The summed E-state index contributed by atoms with van der Waals surface area (Å²) in [6.45, 7) is 1.79. The molecule has 23 heavy (non-hydrogen) atoms. The lowest BCUT2D eigenvalue weighted by molar-refractivity contribution is 0.0930. The van der Waals surface area contributed by atoms with E-state index in [1.807, 2.05) is 0 Å². The SMILES string of the molecule is Cc1nc2[nH]c(C(=O)NC3CCS(C)(C)CC3)cc2c(Cl)c1Cl. The van der Waals surface area contributed by atoms with Crippen molar-refractivity contribution in [2.24, 2.45) is 0 Å². The van der Waals surface area contributed by atoms with Crippen LogP contribution in [0.5, 0.6) is 0 Å². The number of hydrogen-bond acceptors (Lipinski definition) is 2. The molecule has 0 aliphatic carbocycles. The molecule has 3 rings (SSSR count). The highest BCUT2D eigenvalue weighted by molar-refractivity contribution is 8.32. The maximum atomic E-state index is 12.5. The summed E-state index contributed by atoms with van der Waals surface area (Å²) in [6, 6.07) is 1.98. The Hall–Kier alpha value is -0.910. The number of nitrogens with zero attached hydrogens (tertiary/aromatic N) is 1. The monoisotopic (exact) mass is 373 g/mol. The molecule has 2 aromatic rings. The van der Waals surface area contributed by atoms with Gasteiger partial charge < -0.3 is 10.3 Å². The van der Waals surface area contributed by atoms with E-state index in [2.05, 4.69) is 27.8 Å². The van der Waals surface area contributed by atoms with Crippen LogP contribution in [0.1, 0.15) is 29.0 Å². The zero-order valence-corrected chi connectivity index (χ0v) is 15.8. The first-order chi connectivity index (χ1) is 10.8. The van der Waals surface area contributed by atoms with Gasteiger partial charge in [0.25, 0.3) is 5.91 Å². The smallest absolute Gasteiger partial charge is 0.267 e. The van der Waals surface area contributed by atoms with E-state index in [-0.39, 0.29) is 11.9 Å². The van der Waals surface area contributed by atoms with Gasteiger partial charge in [-0.15, -0.1) is 0 Å². The van der Waals surface area contributed by atoms with Crippen LogP contribution in [0.4, 0.5) is 0 Å². The molecule has 7 heteroatoms. The first-order valence-electron chi connectivity index (χ1n) is 7.61. The molecule has 1 amide bonds. The van der Waals surface area contributed by atoms with Crippen LogP contribution in [0.25, 0.3) is 11.0 Å². The third-order valence-electron chi connectivity index (χ3n) is 4.44. The third kappa shape index (κ3) is 3.47. The molecule has 0 radical (unpaired) electrons. The van der Waals surface area contributed by atoms with Gasteiger partial charge >= 0.3 is 0 Å². The van der Waals surface area contributed by atoms with E-state index in [1.54, 1.807) is 13.0 Å². The predicted octanol–water partition coefficient (Wildman–Crippen LogP) is 4.13. The van der Waals surface area contributed by atoms with Crippen LogP contribution < -0.4 is 5.32 Å². The van der Waals surface area contributed by atoms with Gasteiger partial charge in [-0.1, -0.05) is 23.2 Å². The van der Waals surface area contributed by atoms with Gasteiger partial charge in [0.05, 0.1) is 15.7 Å². The summed E-state index contributed by atoms with van der Waals surface area (Å²) in [7, 11) is -0.453. The summed E-state index contributed by atoms with van der Waals surface area (Å²) < 4.78 is 0. The molecule has 0 spiro atoms. The number of nitrogens with one attached hydrogen (secondary N) is 2. The largest absolute Gasteiger partial charge is 0.348 e. The first kappa shape index (κ1) is 16.9. The highest BCUT2D eigenvalue weighted by atomic mass is 35.5. The van der Waals surface area contributed by atoms with Crippen LogP contribution >= 0.6 is 33.2 Å². The van der Waals surface area contributed by atoms with Gasteiger partial charge in [0, 0.05) is 11.4 Å². The van der Waals surface area contributed by atoms with Gasteiger partial charge in [-0.25, -0.2) is 15.0 Å². The van der Waals surface area contributed by atoms with E-state index >= 15 is 0 Å². The average molecular weight is 374 g/mol. The van der Waals surface area contributed by atoms with Crippen molar-refractivity contribution < 1.29 is 4.79 Å². The number of aromatic nitrogens is 2. The second kappa shape index (κ2) is 6.19. The highest BCUT2D eigenvalue weighted by Crippen LogP contribution is 2.45. The normalized spacial score (nSPS) is 19.7. The Morgan fingerprint density at radius 2 is 1.96 bits per heavy atom. The number of aromatic amines is 1. The van der Waals surface area contributed by atoms with Crippen LogP contribution in [-0.2, 0) is 0 Å². The van der Waals surface area contributed by atoms with E-state index in [9.17, 15) is 4.79 Å². The summed E-state index contributed by atoms with van der Waals surface area (Å²) in [6.07, 6.45) is 6.83. The molecule has 1 aliphatic rings. The lowest BCUT2D eigenvalue weighted by atomic mass is 10.1. The predicted molar refractivity (Wildman–Crippen MR) is 101 cm³/mol. The molecule has 126 valence electrons. The van der Waals surface area contributed by atoms with E-state index in [4.69, 9.17) is 23.2 Å². The maximum Gasteiger partial charge on any atom is 0.267 e. The van der Waals surface area contributed by atoms with Crippen LogP contribution in [0.15, 0.2) is 6.07 Å². The Labute approximate surface area is 147 Å². The Balaban J connectivity index is 1.78. The Kier molecular flexibility index (Phi) is 4.55. The van der Waals surface area contributed by atoms with Crippen molar-refractivity contribution in [1.29, 1.82) is 0 Å². The number of halogens is 2. The van der Waals surface area contributed by atoms with E-state index in [0.717, 1.165) is 12.8 Å². The van der Waals surface area contributed by atoms with E-state index in [0.29, 0.717) is 32.5 Å². The number of rotatable bonds is 2. The molecule has 4 nitrogen and oxygen atoms in total. The number of aryl methyl sites for hydroxylation is 1. The molecule has 1 fully saturated rings. The molecular weight excluding hydrogens is 353 g/mol. The molecule has 0 unspecified atom stereocenters. The van der Waals surface area contributed by atoms with Gasteiger partial charge in [0.1, 0.15) is 11.3 Å². The molecule has 0 saturated carbocycles. The van der Waals surface area contributed by atoms with E-state index in [1.165, 1.54) is 11.5 Å². The zero-order valence-electron chi connectivity index (χ0n) is 13.5. The maximum absolute atomic E-state index is 12.5. The highest BCUT2D eigenvalue weighted by Gasteiger charge is 2.25. The van der Waals surface area contributed by atoms with Crippen LogP contribution in [-0.4, -0.2) is 45.9 Å². The molecule has 0 aromatic carbocycles. The summed E-state index contributed by atoms with van der Waals surface area (Å²) in [5.41, 5.74) is 1.72. The minimum atomic E-state index is -0.453. The molecule has 1 aliphatic heterocycles. The Bertz CT molecular complexity index is 762. The Morgan fingerprint density at radius 3 is 2.61 bits per heavy atom. The van der Waals surface area contributed by atoms with Gasteiger partial charge in [0.2, 0.25) is 0 Å². The molecule has 0 bridgehead atoms. The van der Waals surface area contributed by atoms with Crippen LogP contribution in [0.2, 0.25) is 10.0 Å². The summed E-state index contributed by atoms with van der Waals surface area (Å²) in [5.74, 6) is 2.33. The number of pyridine rings is 1. The summed E-state index contributed by atoms with van der Waals surface area (Å²) >= 11 is 12.4. The number of H-pyrrole nitrogens is 1. The van der Waals surface area contributed by atoms with Gasteiger partial charge in [-0.3, -0.25) is 4.79 Å². The minimum absolute atomic E-state index is 0.104. The fourth-order valence-electron chi connectivity index (χ4n) is 2.89. The van der Waals surface area contributed by atoms with E-state index < -0.39 is 10.0 Å². The topological polar surface area (TPSA) is 57.8 Å².